The number of hydrogen-bond donors (Lipinski definition) is 2. The highest BCUT2D eigenvalue weighted by atomic mass is 14.8. The molecule has 0 bridgehead atoms. The first-order valence-corrected chi connectivity index (χ1v) is 7.41. The predicted molar refractivity (Wildman–Crippen MR) is 93.3 cm³/mol. The Labute approximate surface area is 130 Å². The summed E-state index contributed by atoms with van der Waals surface area (Å²) in [6, 6.07) is 20.0. The summed E-state index contributed by atoms with van der Waals surface area (Å²) in [5.41, 5.74) is 18.5. The summed E-state index contributed by atoms with van der Waals surface area (Å²) >= 11 is 0. The Morgan fingerprint density at radius 2 is 1.32 bits per heavy atom. The molecule has 0 saturated carbocycles. The second-order valence-corrected chi connectivity index (χ2v) is 5.20. The van der Waals surface area contributed by atoms with Crippen molar-refractivity contribution in [2.24, 2.45) is 0 Å². The first-order valence-electron chi connectivity index (χ1n) is 7.41. The van der Waals surface area contributed by atoms with Gasteiger partial charge in [-0.15, -0.1) is 0 Å². The quantitative estimate of drug-likeness (QED) is 0.761. The molecule has 1 aromatic heterocycles. The first-order chi connectivity index (χ1) is 10.7. The molecule has 0 aliphatic heterocycles. The number of aromatic nitrogens is 1. The molecule has 0 aliphatic carbocycles. The highest BCUT2D eigenvalue weighted by molar-refractivity contribution is 5.92. The van der Waals surface area contributed by atoms with E-state index in [-0.39, 0.29) is 0 Å². The lowest BCUT2D eigenvalue weighted by atomic mass is 9.97. The Balaban J connectivity index is 2.25. The molecule has 0 amide bonds. The molecule has 0 unspecified atom stereocenters. The topological polar surface area (TPSA) is 64.9 Å². The van der Waals surface area contributed by atoms with Crippen molar-refractivity contribution in [3.63, 3.8) is 0 Å². The number of nitrogens with two attached hydrogens (primary N) is 2. The van der Waals surface area contributed by atoms with Crippen molar-refractivity contribution < 1.29 is 0 Å². The largest absolute Gasteiger partial charge is 0.396 e. The number of benzene rings is 2. The number of hydrogen-bond acceptors (Lipinski definition) is 3. The first kappa shape index (κ1) is 14.1. The predicted octanol–water partition coefficient (Wildman–Crippen LogP) is 4.14. The summed E-state index contributed by atoms with van der Waals surface area (Å²) in [7, 11) is 0. The maximum atomic E-state index is 6.36. The van der Waals surface area contributed by atoms with Crippen LogP contribution in [0.3, 0.4) is 0 Å². The van der Waals surface area contributed by atoms with E-state index in [1.807, 2.05) is 60.7 Å². The lowest BCUT2D eigenvalue weighted by Crippen LogP contribution is -2.06. The molecule has 3 nitrogen and oxygen atoms in total. The Bertz CT molecular complexity index is 781. The molecular weight excluding hydrogens is 270 g/mol. The van der Waals surface area contributed by atoms with E-state index in [1.165, 1.54) is 0 Å². The van der Waals surface area contributed by atoms with Gasteiger partial charge in [-0.3, -0.25) is 0 Å². The zero-order chi connectivity index (χ0) is 15.5. The third-order valence-electron chi connectivity index (χ3n) is 3.79. The van der Waals surface area contributed by atoms with Gasteiger partial charge in [-0.05, 0) is 12.0 Å². The van der Waals surface area contributed by atoms with E-state index in [1.54, 1.807) is 0 Å². The zero-order valence-corrected chi connectivity index (χ0v) is 12.6. The van der Waals surface area contributed by atoms with Crippen molar-refractivity contribution in [2.45, 2.75) is 13.3 Å². The standard InChI is InChI=1S/C19H19N3/c1-2-15-16(13-9-5-3-6-10-13)17(20)18(21)19(22-15)14-11-7-4-8-12-14/h3-12H,2,21H2,1H3,(H2,20,22). The molecule has 0 saturated heterocycles. The molecule has 110 valence electrons. The maximum absolute atomic E-state index is 6.36. The average molecular weight is 289 g/mol. The summed E-state index contributed by atoms with van der Waals surface area (Å²) in [5.74, 6) is 0. The fourth-order valence-corrected chi connectivity index (χ4v) is 2.67. The molecule has 1 heterocycles. The fourth-order valence-electron chi connectivity index (χ4n) is 2.67. The van der Waals surface area contributed by atoms with Gasteiger partial charge in [0.05, 0.1) is 22.8 Å². The van der Waals surface area contributed by atoms with Gasteiger partial charge in [-0.1, -0.05) is 67.6 Å². The average Bonchev–Trinajstić information content (AvgIpc) is 2.58. The van der Waals surface area contributed by atoms with Crippen LogP contribution in [0.1, 0.15) is 12.6 Å². The van der Waals surface area contributed by atoms with Gasteiger partial charge in [0.15, 0.2) is 0 Å². The van der Waals surface area contributed by atoms with Gasteiger partial charge in [0.25, 0.3) is 0 Å². The van der Waals surface area contributed by atoms with Crippen molar-refractivity contribution in [3.8, 4) is 22.4 Å². The monoisotopic (exact) mass is 289 g/mol. The van der Waals surface area contributed by atoms with Gasteiger partial charge in [-0.2, -0.15) is 0 Å². The number of nitrogen functional groups attached to an aromatic ring is 2. The molecule has 0 fully saturated rings. The minimum Gasteiger partial charge on any atom is -0.396 e. The molecule has 22 heavy (non-hydrogen) atoms. The number of pyridine rings is 1. The van der Waals surface area contributed by atoms with E-state index in [2.05, 4.69) is 6.92 Å². The Hall–Kier alpha value is -2.81. The highest BCUT2D eigenvalue weighted by Gasteiger charge is 2.17. The van der Waals surface area contributed by atoms with E-state index in [0.717, 1.165) is 34.5 Å². The van der Waals surface area contributed by atoms with Crippen LogP contribution in [0.2, 0.25) is 0 Å². The van der Waals surface area contributed by atoms with Gasteiger partial charge in [0, 0.05) is 11.1 Å². The SMILES string of the molecule is CCc1nc(-c2ccccc2)c(N)c(N)c1-c1ccccc1. The van der Waals surface area contributed by atoms with Crippen LogP contribution in [-0.2, 0) is 6.42 Å². The van der Waals surface area contributed by atoms with Crippen LogP contribution in [0.25, 0.3) is 22.4 Å². The fraction of sp³-hybridized carbons (Fsp3) is 0.105. The van der Waals surface area contributed by atoms with E-state index < -0.39 is 0 Å². The Morgan fingerprint density at radius 3 is 1.86 bits per heavy atom. The molecule has 0 radical (unpaired) electrons. The van der Waals surface area contributed by atoms with Crippen LogP contribution in [-0.4, -0.2) is 4.98 Å². The van der Waals surface area contributed by atoms with Crippen molar-refractivity contribution in [1.82, 2.24) is 4.98 Å². The lowest BCUT2D eigenvalue weighted by molar-refractivity contribution is 1.05. The maximum Gasteiger partial charge on any atom is 0.0956 e. The van der Waals surface area contributed by atoms with Gasteiger partial charge < -0.3 is 11.5 Å². The summed E-state index contributed by atoms with van der Waals surface area (Å²) in [6.45, 7) is 2.08. The van der Waals surface area contributed by atoms with Crippen LogP contribution in [0, 0.1) is 0 Å². The smallest absolute Gasteiger partial charge is 0.0956 e. The Kier molecular flexibility index (Phi) is 3.79. The summed E-state index contributed by atoms with van der Waals surface area (Å²) in [6.07, 6.45) is 0.800. The minimum absolute atomic E-state index is 0.544. The number of anilines is 2. The second-order valence-electron chi connectivity index (χ2n) is 5.20. The molecule has 0 atom stereocenters. The number of aryl methyl sites for hydroxylation is 1. The third-order valence-corrected chi connectivity index (χ3v) is 3.79. The summed E-state index contributed by atoms with van der Waals surface area (Å²) in [5, 5.41) is 0. The van der Waals surface area contributed by atoms with Crippen molar-refractivity contribution >= 4 is 11.4 Å². The molecule has 4 N–H and O–H groups in total. The molecule has 3 aromatic rings. The second kappa shape index (κ2) is 5.90. The molecule has 0 spiro atoms. The number of nitrogens with zero attached hydrogens (tertiary/aromatic N) is 1. The molecule has 3 heteroatoms. The minimum atomic E-state index is 0.544. The molecule has 2 aromatic carbocycles. The van der Waals surface area contributed by atoms with Crippen molar-refractivity contribution in [2.75, 3.05) is 11.5 Å². The summed E-state index contributed by atoms with van der Waals surface area (Å²) < 4.78 is 0. The van der Waals surface area contributed by atoms with E-state index >= 15 is 0 Å². The molecular formula is C19H19N3. The zero-order valence-electron chi connectivity index (χ0n) is 12.6. The van der Waals surface area contributed by atoms with Crippen LogP contribution < -0.4 is 11.5 Å². The van der Waals surface area contributed by atoms with Crippen LogP contribution in [0.4, 0.5) is 11.4 Å². The van der Waals surface area contributed by atoms with Crippen molar-refractivity contribution in [1.29, 1.82) is 0 Å². The third kappa shape index (κ3) is 2.42. The lowest BCUT2D eigenvalue weighted by Gasteiger charge is -2.16. The van der Waals surface area contributed by atoms with E-state index in [4.69, 9.17) is 16.5 Å². The van der Waals surface area contributed by atoms with E-state index in [9.17, 15) is 0 Å². The Morgan fingerprint density at radius 1 is 0.773 bits per heavy atom. The van der Waals surface area contributed by atoms with Gasteiger partial charge >= 0.3 is 0 Å². The number of rotatable bonds is 3. The van der Waals surface area contributed by atoms with Crippen LogP contribution in [0.15, 0.2) is 60.7 Å². The van der Waals surface area contributed by atoms with Gasteiger partial charge in [0.1, 0.15) is 0 Å². The van der Waals surface area contributed by atoms with Gasteiger partial charge in [0.2, 0.25) is 0 Å². The van der Waals surface area contributed by atoms with Crippen LogP contribution in [0.5, 0.6) is 0 Å². The van der Waals surface area contributed by atoms with Crippen LogP contribution >= 0.6 is 0 Å². The molecule has 3 rings (SSSR count). The van der Waals surface area contributed by atoms with Gasteiger partial charge in [-0.25, -0.2) is 4.98 Å². The van der Waals surface area contributed by atoms with E-state index in [0.29, 0.717) is 11.4 Å². The highest BCUT2D eigenvalue weighted by Crippen LogP contribution is 2.38. The summed E-state index contributed by atoms with van der Waals surface area (Å²) in [4.78, 5) is 4.79. The van der Waals surface area contributed by atoms with Crippen molar-refractivity contribution in [3.05, 3.63) is 66.4 Å². The normalized spacial score (nSPS) is 10.6. The molecule has 0 aliphatic rings.